The molecule has 2 rings (SSSR count). The van der Waals surface area contributed by atoms with Crippen LogP contribution in [0.3, 0.4) is 0 Å². The lowest BCUT2D eigenvalue weighted by atomic mass is 9.79. The predicted octanol–water partition coefficient (Wildman–Crippen LogP) is 4.20. The summed E-state index contributed by atoms with van der Waals surface area (Å²) in [6, 6.07) is 0. The van der Waals surface area contributed by atoms with E-state index in [-0.39, 0.29) is 0 Å². The molecule has 1 N–H and O–H groups in total. The number of allylic oxidation sites excluding steroid dienone is 3. The summed E-state index contributed by atoms with van der Waals surface area (Å²) in [6.45, 7) is 9.27. The smallest absolute Gasteiger partial charge is 0.0175 e. The number of nitrogens with zero attached hydrogens (tertiary/aromatic N) is 1. The molecule has 2 fully saturated rings. The summed E-state index contributed by atoms with van der Waals surface area (Å²) in [5.41, 5.74) is 0. The number of hydrogen-bond donors (Lipinski definition) is 1. The fraction of sp³-hybridized carbons (Fsp3) is 0.789. The lowest BCUT2D eigenvalue weighted by molar-refractivity contribution is 0.212. The van der Waals surface area contributed by atoms with E-state index in [0.717, 1.165) is 17.8 Å². The van der Waals surface area contributed by atoms with Crippen molar-refractivity contribution in [3.63, 3.8) is 0 Å². The topological polar surface area (TPSA) is 15.3 Å². The second-order valence-corrected chi connectivity index (χ2v) is 6.82. The maximum atomic E-state index is 3.50. The fourth-order valence-corrected chi connectivity index (χ4v) is 4.04. The number of hydrogen-bond acceptors (Lipinski definition) is 2. The fourth-order valence-electron chi connectivity index (χ4n) is 4.04. The summed E-state index contributed by atoms with van der Waals surface area (Å²) < 4.78 is 0. The molecule has 0 saturated carbocycles. The van der Waals surface area contributed by atoms with Gasteiger partial charge in [-0.2, -0.15) is 0 Å². The Labute approximate surface area is 131 Å². The zero-order valence-corrected chi connectivity index (χ0v) is 14.1. The van der Waals surface area contributed by atoms with E-state index < -0.39 is 0 Å². The monoisotopic (exact) mass is 290 g/mol. The molecule has 1 atom stereocenters. The Morgan fingerprint density at radius 1 is 1.05 bits per heavy atom. The van der Waals surface area contributed by atoms with Gasteiger partial charge in [0.05, 0.1) is 0 Å². The minimum absolute atomic E-state index is 0.825. The average molecular weight is 290 g/mol. The summed E-state index contributed by atoms with van der Waals surface area (Å²) in [7, 11) is 0. The van der Waals surface area contributed by atoms with Crippen molar-refractivity contribution in [2.24, 2.45) is 17.8 Å². The van der Waals surface area contributed by atoms with E-state index in [2.05, 4.69) is 48.5 Å². The zero-order chi connectivity index (χ0) is 14.9. The Morgan fingerprint density at radius 2 is 1.76 bits per heavy atom. The Hall–Kier alpha value is -0.760. The largest absolute Gasteiger partial charge is 0.378 e. The summed E-state index contributed by atoms with van der Waals surface area (Å²) in [6.07, 6.45) is 17.5. The van der Waals surface area contributed by atoms with Crippen molar-refractivity contribution in [2.75, 3.05) is 26.2 Å². The van der Waals surface area contributed by atoms with E-state index in [1.807, 2.05) is 0 Å². The van der Waals surface area contributed by atoms with E-state index in [1.54, 1.807) is 0 Å². The zero-order valence-electron chi connectivity index (χ0n) is 14.1. The molecular weight excluding hydrogens is 256 g/mol. The molecular formula is C19H34N2. The first-order chi connectivity index (χ1) is 10.3. The summed E-state index contributed by atoms with van der Waals surface area (Å²) >= 11 is 0. The van der Waals surface area contributed by atoms with Gasteiger partial charge in [-0.25, -0.2) is 0 Å². The van der Waals surface area contributed by atoms with E-state index in [0.29, 0.717) is 0 Å². The second-order valence-electron chi connectivity index (χ2n) is 6.82. The van der Waals surface area contributed by atoms with Crippen LogP contribution in [-0.4, -0.2) is 31.1 Å². The molecule has 2 nitrogen and oxygen atoms in total. The molecule has 0 aliphatic carbocycles. The molecule has 0 aromatic rings. The molecule has 120 valence electrons. The number of nitrogens with one attached hydrogen (secondary N) is 1. The third-order valence-corrected chi connectivity index (χ3v) is 5.35. The van der Waals surface area contributed by atoms with Crippen LogP contribution in [0.25, 0.3) is 0 Å². The van der Waals surface area contributed by atoms with E-state index in [9.17, 15) is 0 Å². The highest BCUT2D eigenvalue weighted by atomic mass is 15.1. The molecule has 2 heteroatoms. The van der Waals surface area contributed by atoms with Crippen molar-refractivity contribution in [2.45, 2.75) is 52.4 Å². The maximum absolute atomic E-state index is 3.50. The molecule has 2 aliphatic heterocycles. The third-order valence-electron chi connectivity index (χ3n) is 5.35. The molecule has 0 radical (unpaired) electrons. The van der Waals surface area contributed by atoms with Crippen LogP contribution >= 0.6 is 0 Å². The van der Waals surface area contributed by atoms with Crippen molar-refractivity contribution in [1.82, 2.24) is 10.2 Å². The van der Waals surface area contributed by atoms with Gasteiger partial charge in [0.25, 0.3) is 0 Å². The van der Waals surface area contributed by atoms with Gasteiger partial charge in [0.15, 0.2) is 0 Å². The van der Waals surface area contributed by atoms with Crippen molar-refractivity contribution >= 4 is 0 Å². The Bertz CT molecular complexity index is 320. The first-order valence-corrected chi connectivity index (χ1v) is 9.04. The van der Waals surface area contributed by atoms with Gasteiger partial charge in [0.1, 0.15) is 0 Å². The predicted molar refractivity (Wildman–Crippen MR) is 92.2 cm³/mol. The molecule has 2 heterocycles. The standard InChI is InChI=1S/C19H34N2/c1-3-5-18(19-8-12-20-13-9-19)7-6-17-10-15-21(14-4-2)16-11-17/h3-5,14,17-20H,6-13,15-16H2,1-2H3. The average Bonchev–Trinajstić information content (AvgIpc) is 2.54. The van der Waals surface area contributed by atoms with Crippen molar-refractivity contribution in [3.05, 3.63) is 24.4 Å². The van der Waals surface area contributed by atoms with Crippen molar-refractivity contribution in [3.8, 4) is 0 Å². The van der Waals surface area contributed by atoms with Gasteiger partial charge in [-0.05, 0) is 89.4 Å². The van der Waals surface area contributed by atoms with Gasteiger partial charge in [0.2, 0.25) is 0 Å². The van der Waals surface area contributed by atoms with E-state index >= 15 is 0 Å². The minimum atomic E-state index is 0.825. The van der Waals surface area contributed by atoms with Gasteiger partial charge in [0, 0.05) is 13.1 Å². The van der Waals surface area contributed by atoms with E-state index in [1.165, 1.54) is 64.7 Å². The van der Waals surface area contributed by atoms with Crippen LogP contribution in [-0.2, 0) is 0 Å². The molecule has 2 aliphatic rings. The van der Waals surface area contributed by atoms with Crippen LogP contribution in [0.15, 0.2) is 24.4 Å². The maximum Gasteiger partial charge on any atom is 0.0175 e. The number of rotatable bonds is 6. The summed E-state index contributed by atoms with van der Waals surface area (Å²) in [5.74, 6) is 2.71. The summed E-state index contributed by atoms with van der Waals surface area (Å²) in [4.78, 5) is 2.48. The Kier molecular flexibility index (Phi) is 7.35. The van der Waals surface area contributed by atoms with Gasteiger partial charge in [-0.15, -0.1) is 0 Å². The third kappa shape index (κ3) is 5.50. The Morgan fingerprint density at radius 3 is 2.38 bits per heavy atom. The molecule has 2 saturated heterocycles. The van der Waals surface area contributed by atoms with Gasteiger partial charge >= 0.3 is 0 Å². The molecule has 0 amide bonds. The van der Waals surface area contributed by atoms with Crippen molar-refractivity contribution < 1.29 is 0 Å². The molecule has 21 heavy (non-hydrogen) atoms. The number of likely N-dealkylation sites (tertiary alicyclic amines) is 1. The lowest BCUT2D eigenvalue weighted by Crippen LogP contribution is -2.32. The summed E-state index contributed by atoms with van der Waals surface area (Å²) in [5, 5.41) is 3.50. The van der Waals surface area contributed by atoms with Crippen LogP contribution < -0.4 is 5.32 Å². The number of piperidine rings is 2. The van der Waals surface area contributed by atoms with Crippen LogP contribution in [0.4, 0.5) is 0 Å². The van der Waals surface area contributed by atoms with Crippen molar-refractivity contribution in [1.29, 1.82) is 0 Å². The van der Waals surface area contributed by atoms with Crippen LogP contribution in [0.2, 0.25) is 0 Å². The highest BCUT2D eigenvalue weighted by molar-refractivity contribution is 4.92. The van der Waals surface area contributed by atoms with Crippen LogP contribution in [0.5, 0.6) is 0 Å². The SMILES string of the molecule is CC=CC(CCC1CCN(C=CC)CC1)C1CCNCC1. The molecule has 0 spiro atoms. The highest BCUT2D eigenvalue weighted by Crippen LogP contribution is 2.31. The molecule has 0 aromatic carbocycles. The highest BCUT2D eigenvalue weighted by Gasteiger charge is 2.23. The first-order valence-electron chi connectivity index (χ1n) is 9.04. The van der Waals surface area contributed by atoms with E-state index in [4.69, 9.17) is 0 Å². The quantitative estimate of drug-likeness (QED) is 0.737. The van der Waals surface area contributed by atoms with Crippen LogP contribution in [0.1, 0.15) is 52.4 Å². The van der Waals surface area contributed by atoms with Gasteiger partial charge < -0.3 is 10.2 Å². The minimum Gasteiger partial charge on any atom is -0.378 e. The molecule has 0 aromatic heterocycles. The first kappa shape index (κ1) is 16.6. The van der Waals surface area contributed by atoms with Gasteiger partial charge in [-0.1, -0.05) is 18.2 Å². The lowest BCUT2D eigenvalue weighted by Gasteiger charge is -2.33. The molecule has 0 bridgehead atoms. The second kappa shape index (κ2) is 9.30. The normalized spacial score (nSPS) is 24.2. The molecule has 1 unspecified atom stereocenters. The Balaban J connectivity index is 1.74. The van der Waals surface area contributed by atoms with Gasteiger partial charge in [-0.3, -0.25) is 0 Å². The van der Waals surface area contributed by atoms with Crippen LogP contribution in [0, 0.1) is 17.8 Å².